The zero-order chi connectivity index (χ0) is 19.1. The standard InChI is InChI=1S/C22H23N3OS/c1-17-5-11-21(12-6-17)27-22(23)25(15-13-19-4-2-3-14-24-19)16-18-7-9-20(26)10-8-18/h2-12,14,23,26H,13,15-16H2,1H3. The van der Waals surface area contributed by atoms with E-state index in [9.17, 15) is 5.11 Å². The van der Waals surface area contributed by atoms with Crippen molar-refractivity contribution in [1.29, 1.82) is 5.41 Å². The Kier molecular flexibility index (Phi) is 6.49. The van der Waals surface area contributed by atoms with Crippen LogP contribution in [0.3, 0.4) is 0 Å². The molecule has 0 aliphatic rings. The molecule has 0 fully saturated rings. The lowest BCUT2D eigenvalue weighted by Gasteiger charge is -2.25. The normalized spacial score (nSPS) is 10.6. The maximum Gasteiger partial charge on any atom is 0.161 e. The van der Waals surface area contributed by atoms with E-state index < -0.39 is 0 Å². The van der Waals surface area contributed by atoms with Gasteiger partial charge in [0.15, 0.2) is 5.17 Å². The summed E-state index contributed by atoms with van der Waals surface area (Å²) in [6.45, 7) is 3.38. The van der Waals surface area contributed by atoms with Crippen molar-refractivity contribution in [3.63, 3.8) is 0 Å². The minimum Gasteiger partial charge on any atom is -0.508 e. The zero-order valence-corrected chi connectivity index (χ0v) is 16.1. The summed E-state index contributed by atoms with van der Waals surface area (Å²) in [6.07, 6.45) is 2.57. The highest BCUT2D eigenvalue weighted by molar-refractivity contribution is 8.13. The second-order valence-corrected chi connectivity index (χ2v) is 7.44. The van der Waals surface area contributed by atoms with E-state index in [-0.39, 0.29) is 5.75 Å². The van der Waals surface area contributed by atoms with Crippen LogP contribution in [0.15, 0.2) is 77.8 Å². The molecule has 0 amide bonds. The number of aryl methyl sites for hydroxylation is 1. The van der Waals surface area contributed by atoms with Crippen LogP contribution in [-0.4, -0.2) is 26.7 Å². The first-order valence-corrected chi connectivity index (χ1v) is 9.67. The molecule has 0 saturated heterocycles. The topological polar surface area (TPSA) is 60.2 Å². The highest BCUT2D eigenvalue weighted by atomic mass is 32.2. The zero-order valence-electron chi connectivity index (χ0n) is 15.3. The number of thioether (sulfide) groups is 1. The van der Waals surface area contributed by atoms with Crippen molar-refractivity contribution < 1.29 is 5.11 Å². The van der Waals surface area contributed by atoms with Gasteiger partial charge in [0.25, 0.3) is 0 Å². The molecule has 0 aliphatic carbocycles. The summed E-state index contributed by atoms with van der Waals surface area (Å²) in [5.41, 5.74) is 3.28. The molecule has 1 aromatic heterocycles. The molecular formula is C22H23N3OS. The van der Waals surface area contributed by atoms with Gasteiger partial charge in [0.05, 0.1) is 0 Å². The van der Waals surface area contributed by atoms with Crippen molar-refractivity contribution in [2.75, 3.05) is 6.54 Å². The van der Waals surface area contributed by atoms with Crippen LogP contribution in [0.25, 0.3) is 0 Å². The third-order valence-electron chi connectivity index (χ3n) is 4.20. The van der Waals surface area contributed by atoms with Gasteiger partial charge < -0.3 is 10.0 Å². The van der Waals surface area contributed by atoms with E-state index in [4.69, 9.17) is 5.41 Å². The molecule has 0 saturated carbocycles. The third-order valence-corrected chi connectivity index (χ3v) is 5.16. The van der Waals surface area contributed by atoms with Gasteiger partial charge in [-0.25, -0.2) is 0 Å². The smallest absolute Gasteiger partial charge is 0.161 e. The van der Waals surface area contributed by atoms with Gasteiger partial charge >= 0.3 is 0 Å². The van der Waals surface area contributed by atoms with E-state index in [1.54, 1.807) is 18.3 Å². The summed E-state index contributed by atoms with van der Waals surface area (Å²) in [6, 6.07) is 21.3. The van der Waals surface area contributed by atoms with Crippen molar-refractivity contribution >= 4 is 16.9 Å². The van der Waals surface area contributed by atoms with Gasteiger partial charge in [-0.15, -0.1) is 0 Å². The van der Waals surface area contributed by atoms with Gasteiger partial charge in [-0.1, -0.05) is 47.7 Å². The van der Waals surface area contributed by atoms with Crippen molar-refractivity contribution in [3.05, 3.63) is 89.7 Å². The number of benzene rings is 2. The summed E-state index contributed by atoms with van der Waals surface area (Å²) in [4.78, 5) is 7.49. The fourth-order valence-corrected chi connectivity index (χ4v) is 3.43. The molecule has 0 spiro atoms. The lowest BCUT2D eigenvalue weighted by Crippen LogP contribution is -2.30. The van der Waals surface area contributed by atoms with Crippen molar-refractivity contribution in [1.82, 2.24) is 9.88 Å². The Labute approximate surface area is 164 Å². The molecule has 0 unspecified atom stereocenters. The number of hydrogen-bond acceptors (Lipinski definition) is 4. The maximum atomic E-state index is 9.50. The van der Waals surface area contributed by atoms with Crippen molar-refractivity contribution in [2.24, 2.45) is 0 Å². The molecule has 4 nitrogen and oxygen atoms in total. The van der Waals surface area contributed by atoms with Crippen LogP contribution in [0.2, 0.25) is 0 Å². The second-order valence-electron chi connectivity index (χ2n) is 6.38. The Balaban J connectivity index is 1.71. The van der Waals surface area contributed by atoms with Gasteiger partial charge in [0.2, 0.25) is 0 Å². The van der Waals surface area contributed by atoms with Crippen LogP contribution in [0.1, 0.15) is 16.8 Å². The number of nitrogens with zero attached hydrogens (tertiary/aromatic N) is 2. The summed E-state index contributed by atoms with van der Waals surface area (Å²) < 4.78 is 0. The number of hydrogen-bond donors (Lipinski definition) is 2. The first-order valence-electron chi connectivity index (χ1n) is 8.86. The fourth-order valence-electron chi connectivity index (χ4n) is 2.65. The van der Waals surface area contributed by atoms with Gasteiger partial charge in [0, 0.05) is 36.3 Å². The molecule has 138 valence electrons. The van der Waals surface area contributed by atoms with Crippen LogP contribution >= 0.6 is 11.8 Å². The number of rotatable bonds is 6. The third kappa shape index (κ3) is 5.86. The van der Waals surface area contributed by atoms with Crippen LogP contribution in [0, 0.1) is 12.3 Å². The molecule has 0 atom stereocenters. The minimum atomic E-state index is 0.253. The lowest BCUT2D eigenvalue weighted by molar-refractivity contribution is 0.420. The highest BCUT2D eigenvalue weighted by Gasteiger charge is 2.13. The number of aromatic nitrogens is 1. The van der Waals surface area contributed by atoms with Gasteiger partial charge in [-0.3, -0.25) is 10.4 Å². The molecule has 27 heavy (non-hydrogen) atoms. The SMILES string of the molecule is Cc1ccc(SC(=N)N(CCc2ccccn2)Cc2ccc(O)cc2)cc1. The number of amidine groups is 1. The Hall–Kier alpha value is -2.79. The molecule has 2 N–H and O–H groups in total. The monoisotopic (exact) mass is 377 g/mol. The Bertz CT molecular complexity index is 864. The van der Waals surface area contributed by atoms with Crippen LogP contribution in [0.4, 0.5) is 0 Å². The van der Waals surface area contributed by atoms with E-state index in [0.29, 0.717) is 18.3 Å². The molecule has 0 bridgehead atoms. The highest BCUT2D eigenvalue weighted by Crippen LogP contribution is 2.23. The van der Waals surface area contributed by atoms with E-state index in [2.05, 4.69) is 24.0 Å². The number of nitrogens with one attached hydrogen (secondary N) is 1. The minimum absolute atomic E-state index is 0.253. The number of phenolic OH excluding ortho intramolecular Hbond substituents is 1. The maximum absolute atomic E-state index is 9.50. The molecule has 0 radical (unpaired) electrons. The molecule has 5 heteroatoms. The van der Waals surface area contributed by atoms with E-state index in [1.165, 1.54) is 17.3 Å². The van der Waals surface area contributed by atoms with Gasteiger partial charge in [0.1, 0.15) is 5.75 Å². The van der Waals surface area contributed by atoms with Crippen molar-refractivity contribution in [2.45, 2.75) is 24.8 Å². The van der Waals surface area contributed by atoms with E-state index in [1.807, 2.05) is 47.4 Å². The molecule has 0 aliphatic heterocycles. The molecular weight excluding hydrogens is 354 g/mol. The first-order chi connectivity index (χ1) is 13.1. The summed E-state index contributed by atoms with van der Waals surface area (Å²) in [7, 11) is 0. The fraction of sp³-hybridized carbons (Fsp3) is 0.182. The van der Waals surface area contributed by atoms with Gasteiger partial charge in [-0.2, -0.15) is 0 Å². The van der Waals surface area contributed by atoms with E-state index >= 15 is 0 Å². The van der Waals surface area contributed by atoms with Crippen LogP contribution in [0.5, 0.6) is 5.75 Å². The Morgan fingerprint density at radius 2 is 1.78 bits per heavy atom. The summed E-state index contributed by atoms with van der Waals surface area (Å²) in [5.74, 6) is 0.253. The summed E-state index contributed by atoms with van der Waals surface area (Å²) in [5, 5.41) is 18.6. The summed E-state index contributed by atoms with van der Waals surface area (Å²) >= 11 is 1.46. The predicted molar refractivity (Wildman–Crippen MR) is 111 cm³/mol. The van der Waals surface area contributed by atoms with Crippen molar-refractivity contribution in [3.8, 4) is 5.75 Å². The Morgan fingerprint density at radius 3 is 2.44 bits per heavy atom. The average Bonchev–Trinajstić information content (AvgIpc) is 2.69. The second kappa shape index (κ2) is 9.24. The Morgan fingerprint density at radius 1 is 1.04 bits per heavy atom. The van der Waals surface area contributed by atoms with E-state index in [0.717, 1.165) is 22.6 Å². The molecule has 1 heterocycles. The largest absolute Gasteiger partial charge is 0.508 e. The van der Waals surface area contributed by atoms with Gasteiger partial charge in [-0.05, 0) is 48.9 Å². The lowest BCUT2D eigenvalue weighted by atomic mass is 10.2. The van der Waals surface area contributed by atoms with Crippen LogP contribution in [-0.2, 0) is 13.0 Å². The first kappa shape index (κ1) is 19.0. The molecule has 3 aromatic rings. The number of pyridine rings is 1. The number of phenols is 1. The number of aromatic hydroxyl groups is 1. The molecule has 2 aromatic carbocycles. The predicted octanol–water partition coefficient (Wildman–Crippen LogP) is 4.87. The average molecular weight is 378 g/mol. The van der Waals surface area contributed by atoms with Crippen LogP contribution < -0.4 is 0 Å². The molecule has 3 rings (SSSR count). The quantitative estimate of drug-likeness (QED) is 0.366.